The predicted octanol–water partition coefficient (Wildman–Crippen LogP) is 4.30. The Balaban J connectivity index is 2.37. The van der Waals surface area contributed by atoms with Crippen molar-refractivity contribution < 1.29 is 19.0 Å². The summed E-state index contributed by atoms with van der Waals surface area (Å²) in [7, 11) is 3.06. The van der Waals surface area contributed by atoms with Crippen LogP contribution in [0, 0.1) is 0 Å². The molecule has 0 saturated carbocycles. The number of anilines is 1. The molecule has 2 aromatic carbocycles. The van der Waals surface area contributed by atoms with E-state index in [4.69, 9.17) is 19.9 Å². The highest BCUT2D eigenvalue weighted by atomic mass is 79.9. The van der Waals surface area contributed by atoms with Gasteiger partial charge < -0.3 is 19.9 Å². The molecule has 5 nitrogen and oxygen atoms in total. The molecular weight excluding hydrogens is 386 g/mol. The summed E-state index contributed by atoms with van der Waals surface area (Å²) in [6, 6.07) is 10.4. The van der Waals surface area contributed by atoms with Crippen molar-refractivity contribution in [3.05, 3.63) is 52.0 Å². The molecule has 0 spiro atoms. The minimum atomic E-state index is -0.217. The lowest BCUT2D eigenvalue weighted by atomic mass is 10.1. The van der Waals surface area contributed by atoms with Crippen molar-refractivity contribution in [1.29, 1.82) is 0 Å². The summed E-state index contributed by atoms with van der Waals surface area (Å²) >= 11 is 3.35. The summed E-state index contributed by atoms with van der Waals surface area (Å²) in [6.07, 6.45) is 1.71. The first-order valence-electron chi connectivity index (χ1n) is 7.66. The molecule has 0 bridgehead atoms. The fraction of sp³-hybridized carbons (Fsp3) is 0.211. The first-order valence-corrected chi connectivity index (χ1v) is 8.45. The SMILES string of the molecule is CCOc1cc(C=C(Br)C(=O)c2cc(OC)ccc2OC)ccc1N. The zero-order valence-corrected chi connectivity index (χ0v) is 15.9. The molecule has 0 aliphatic heterocycles. The van der Waals surface area contributed by atoms with E-state index in [1.165, 1.54) is 7.11 Å². The van der Waals surface area contributed by atoms with Gasteiger partial charge in [0.2, 0.25) is 5.78 Å². The van der Waals surface area contributed by atoms with Gasteiger partial charge in [0.1, 0.15) is 17.2 Å². The molecule has 0 atom stereocenters. The molecule has 25 heavy (non-hydrogen) atoms. The molecule has 0 unspecified atom stereocenters. The molecule has 0 radical (unpaired) electrons. The van der Waals surface area contributed by atoms with Gasteiger partial charge in [-0.05, 0) is 64.8 Å². The van der Waals surface area contributed by atoms with Gasteiger partial charge in [-0.1, -0.05) is 6.07 Å². The first kappa shape index (κ1) is 18.9. The van der Waals surface area contributed by atoms with Crippen LogP contribution in [0.25, 0.3) is 6.08 Å². The van der Waals surface area contributed by atoms with E-state index in [0.717, 1.165) is 5.56 Å². The van der Waals surface area contributed by atoms with Crippen molar-refractivity contribution in [2.45, 2.75) is 6.92 Å². The lowest BCUT2D eigenvalue weighted by molar-refractivity contribution is 0.104. The fourth-order valence-corrected chi connectivity index (χ4v) is 2.73. The Morgan fingerprint density at radius 3 is 2.52 bits per heavy atom. The number of benzene rings is 2. The van der Waals surface area contributed by atoms with Gasteiger partial charge >= 0.3 is 0 Å². The lowest BCUT2D eigenvalue weighted by Gasteiger charge is -2.10. The second-order valence-electron chi connectivity index (χ2n) is 5.12. The van der Waals surface area contributed by atoms with Gasteiger partial charge in [0.25, 0.3) is 0 Å². The van der Waals surface area contributed by atoms with Crippen molar-refractivity contribution in [3.63, 3.8) is 0 Å². The minimum Gasteiger partial charge on any atom is -0.497 e. The molecule has 0 fully saturated rings. The van der Waals surface area contributed by atoms with Crippen LogP contribution in [0.15, 0.2) is 40.9 Å². The smallest absolute Gasteiger partial charge is 0.203 e. The normalized spacial score (nSPS) is 11.1. The van der Waals surface area contributed by atoms with Gasteiger partial charge in [-0.15, -0.1) is 0 Å². The number of hydrogen-bond acceptors (Lipinski definition) is 5. The molecule has 0 aromatic heterocycles. The van der Waals surface area contributed by atoms with E-state index in [0.29, 0.717) is 39.6 Å². The van der Waals surface area contributed by atoms with Gasteiger partial charge in [-0.25, -0.2) is 0 Å². The van der Waals surface area contributed by atoms with Crippen LogP contribution >= 0.6 is 15.9 Å². The Labute approximate surface area is 155 Å². The zero-order chi connectivity index (χ0) is 18.4. The average Bonchev–Trinajstić information content (AvgIpc) is 2.63. The molecule has 132 valence electrons. The molecule has 6 heteroatoms. The van der Waals surface area contributed by atoms with Crippen LogP contribution in [0.1, 0.15) is 22.8 Å². The molecule has 2 rings (SSSR count). The zero-order valence-electron chi connectivity index (χ0n) is 14.3. The Hall–Kier alpha value is -2.47. The van der Waals surface area contributed by atoms with Gasteiger partial charge in [0.05, 0.1) is 36.6 Å². The Morgan fingerprint density at radius 1 is 1.12 bits per heavy atom. The number of carbonyl (C=O) groups is 1. The third kappa shape index (κ3) is 4.54. The van der Waals surface area contributed by atoms with Crippen molar-refractivity contribution in [2.75, 3.05) is 26.6 Å². The Bertz CT molecular complexity index is 802. The molecule has 0 aliphatic carbocycles. The topological polar surface area (TPSA) is 70.8 Å². The third-order valence-electron chi connectivity index (χ3n) is 3.50. The van der Waals surface area contributed by atoms with Crippen LogP contribution in [-0.2, 0) is 0 Å². The number of hydrogen-bond donors (Lipinski definition) is 1. The summed E-state index contributed by atoms with van der Waals surface area (Å²) < 4.78 is 16.3. The molecule has 0 saturated heterocycles. The number of nitrogen functional groups attached to an aromatic ring is 1. The highest BCUT2D eigenvalue weighted by molar-refractivity contribution is 9.12. The maximum atomic E-state index is 12.8. The number of rotatable bonds is 7. The largest absolute Gasteiger partial charge is 0.497 e. The van der Waals surface area contributed by atoms with Crippen LogP contribution in [0.4, 0.5) is 5.69 Å². The summed E-state index contributed by atoms with van der Waals surface area (Å²) in [4.78, 5) is 12.8. The number of methoxy groups -OCH3 is 2. The molecule has 2 N–H and O–H groups in total. The number of allylic oxidation sites excluding steroid dienone is 1. The van der Waals surface area contributed by atoms with Crippen molar-refractivity contribution in [1.82, 2.24) is 0 Å². The quantitative estimate of drug-likeness (QED) is 0.422. The summed E-state index contributed by atoms with van der Waals surface area (Å²) in [5.41, 5.74) is 7.62. The van der Waals surface area contributed by atoms with Crippen LogP contribution in [0.3, 0.4) is 0 Å². The average molecular weight is 406 g/mol. The van der Waals surface area contributed by atoms with E-state index in [2.05, 4.69) is 15.9 Å². The van der Waals surface area contributed by atoms with Gasteiger partial charge in [0.15, 0.2) is 0 Å². The Kier molecular flexibility index (Phi) is 6.47. The van der Waals surface area contributed by atoms with E-state index in [-0.39, 0.29) is 5.78 Å². The summed E-state index contributed by atoms with van der Waals surface area (Å²) in [5.74, 6) is 1.42. The van der Waals surface area contributed by atoms with E-state index in [1.54, 1.807) is 43.5 Å². The van der Waals surface area contributed by atoms with Gasteiger partial charge in [-0.3, -0.25) is 4.79 Å². The number of carbonyl (C=O) groups excluding carboxylic acids is 1. The van der Waals surface area contributed by atoms with Gasteiger partial charge in [0, 0.05) is 0 Å². The lowest BCUT2D eigenvalue weighted by Crippen LogP contribution is -2.03. The molecule has 0 aliphatic rings. The molecular formula is C19H20BrNO4. The summed E-state index contributed by atoms with van der Waals surface area (Å²) in [6.45, 7) is 2.40. The maximum Gasteiger partial charge on any atom is 0.203 e. The van der Waals surface area contributed by atoms with E-state index < -0.39 is 0 Å². The second kappa shape index (κ2) is 8.58. The van der Waals surface area contributed by atoms with Crippen LogP contribution in [-0.4, -0.2) is 26.6 Å². The number of nitrogens with two attached hydrogens (primary N) is 1. The fourth-order valence-electron chi connectivity index (χ4n) is 2.25. The van der Waals surface area contributed by atoms with Crippen LogP contribution in [0.5, 0.6) is 17.2 Å². The second-order valence-corrected chi connectivity index (χ2v) is 5.97. The summed E-state index contributed by atoms with van der Waals surface area (Å²) in [5, 5.41) is 0. The van der Waals surface area contributed by atoms with Crippen molar-refractivity contribution in [3.8, 4) is 17.2 Å². The number of ketones is 1. The number of Topliss-reactive ketones (excluding diaryl/α,β-unsaturated/α-hetero) is 1. The highest BCUT2D eigenvalue weighted by Crippen LogP contribution is 2.30. The van der Waals surface area contributed by atoms with Crippen molar-refractivity contribution >= 4 is 33.5 Å². The number of ether oxygens (including phenoxy) is 3. The first-order chi connectivity index (χ1) is 12.0. The van der Waals surface area contributed by atoms with E-state index >= 15 is 0 Å². The Morgan fingerprint density at radius 2 is 1.88 bits per heavy atom. The monoisotopic (exact) mass is 405 g/mol. The van der Waals surface area contributed by atoms with Crippen LogP contribution < -0.4 is 19.9 Å². The van der Waals surface area contributed by atoms with E-state index in [1.807, 2.05) is 13.0 Å². The van der Waals surface area contributed by atoms with Gasteiger partial charge in [-0.2, -0.15) is 0 Å². The van der Waals surface area contributed by atoms with Crippen molar-refractivity contribution in [2.24, 2.45) is 0 Å². The predicted molar refractivity (Wildman–Crippen MR) is 103 cm³/mol. The van der Waals surface area contributed by atoms with E-state index in [9.17, 15) is 4.79 Å². The highest BCUT2D eigenvalue weighted by Gasteiger charge is 2.16. The molecule has 0 amide bonds. The van der Waals surface area contributed by atoms with Crippen LogP contribution in [0.2, 0.25) is 0 Å². The molecule has 2 aromatic rings. The maximum absolute atomic E-state index is 12.8. The number of halogens is 1. The molecule has 0 heterocycles. The standard InChI is InChI=1S/C19H20BrNO4/c1-4-25-18-10-12(5-7-16(18)21)9-15(20)19(22)14-11-13(23-2)6-8-17(14)24-3/h5-11H,4,21H2,1-3H3. The minimum absolute atomic E-state index is 0.217. The third-order valence-corrected chi connectivity index (χ3v) is 4.09.